The molecular formula is C20H22N4O2S2. The average molecular weight is 415 g/mol. The average Bonchev–Trinajstić information content (AvgIpc) is 3.36. The lowest BCUT2D eigenvalue weighted by molar-refractivity contribution is 0.0772. The third-order valence-electron chi connectivity index (χ3n) is 4.74. The van der Waals surface area contributed by atoms with E-state index in [0.717, 1.165) is 53.2 Å². The summed E-state index contributed by atoms with van der Waals surface area (Å²) in [6, 6.07) is 11.8. The minimum absolute atomic E-state index is 0.132. The van der Waals surface area contributed by atoms with Crippen molar-refractivity contribution in [3.05, 3.63) is 58.0 Å². The Morgan fingerprint density at radius 1 is 1.18 bits per heavy atom. The molecule has 0 unspecified atom stereocenters. The highest BCUT2D eigenvalue weighted by atomic mass is 32.1. The quantitative estimate of drug-likeness (QED) is 0.639. The number of amides is 1. The number of thiophene rings is 1. The van der Waals surface area contributed by atoms with E-state index in [-0.39, 0.29) is 5.91 Å². The van der Waals surface area contributed by atoms with Crippen LogP contribution < -0.4 is 9.64 Å². The van der Waals surface area contributed by atoms with Crippen LogP contribution in [0.3, 0.4) is 0 Å². The first-order valence-electron chi connectivity index (χ1n) is 9.26. The lowest BCUT2D eigenvalue weighted by Crippen LogP contribution is -2.34. The summed E-state index contributed by atoms with van der Waals surface area (Å²) in [7, 11) is 1.67. The van der Waals surface area contributed by atoms with Crippen molar-refractivity contribution in [3.8, 4) is 5.75 Å². The fourth-order valence-corrected chi connectivity index (χ4v) is 4.71. The molecule has 3 aromatic rings. The van der Waals surface area contributed by atoms with Gasteiger partial charge in [-0.05, 0) is 35.6 Å². The van der Waals surface area contributed by atoms with Gasteiger partial charge >= 0.3 is 0 Å². The molecule has 2 aromatic heterocycles. The highest BCUT2D eigenvalue weighted by molar-refractivity contribution is 7.12. The minimum Gasteiger partial charge on any atom is -0.497 e. The summed E-state index contributed by atoms with van der Waals surface area (Å²) in [5.41, 5.74) is 1.13. The molecule has 1 saturated heterocycles. The molecule has 6 nitrogen and oxygen atoms in total. The van der Waals surface area contributed by atoms with Crippen LogP contribution >= 0.6 is 22.9 Å². The number of hydrogen-bond donors (Lipinski definition) is 0. The fraction of sp³-hybridized carbons (Fsp3) is 0.350. The molecule has 1 aromatic carbocycles. The number of benzene rings is 1. The van der Waals surface area contributed by atoms with Crippen LogP contribution in [-0.2, 0) is 6.42 Å². The van der Waals surface area contributed by atoms with Gasteiger partial charge in [-0.3, -0.25) is 4.79 Å². The summed E-state index contributed by atoms with van der Waals surface area (Å²) in [5.74, 6) is 1.80. The molecule has 0 atom stereocenters. The van der Waals surface area contributed by atoms with E-state index < -0.39 is 0 Å². The number of hydrogen-bond acceptors (Lipinski definition) is 7. The first-order chi connectivity index (χ1) is 13.7. The number of aromatic nitrogens is 2. The van der Waals surface area contributed by atoms with E-state index in [1.165, 1.54) is 22.9 Å². The number of carbonyl (C=O) groups is 1. The maximum atomic E-state index is 12.6. The Bertz CT molecular complexity index is 926. The van der Waals surface area contributed by atoms with Gasteiger partial charge in [0.15, 0.2) is 0 Å². The Balaban J connectivity index is 1.39. The Hall–Kier alpha value is -2.45. The van der Waals surface area contributed by atoms with Gasteiger partial charge in [0, 0.05) is 44.1 Å². The third-order valence-corrected chi connectivity index (χ3v) is 6.41. The maximum absolute atomic E-state index is 12.6. The Labute approximate surface area is 172 Å². The molecule has 0 saturated carbocycles. The predicted octanol–water partition coefficient (Wildman–Crippen LogP) is 3.55. The van der Waals surface area contributed by atoms with Gasteiger partial charge in [0.25, 0.3) is 5.91 Å². The standard InChI is InChI=1S/C20H22N4O2S2/c1-26-16-6-2-5-15(13-16)14-18-21-20(28-22-18)24-9-4-8-23(10-11-24)19(25)17-7-3-12-27-17/h2-3,5-7,12-13H,4,8-11,14H2,1H3. The molecule has 28 heavy (non-hydrogen) atoms. The molecule has 4 rings (SSSR count). The highest BCUT2D eigenvalue weighted by Gasteiger charge is 2.22. The van der Waals surface area contributed by atoms with E-state index in [2.05, 4.69) is 15.3 Å². The molecule has 1 fully saturated rings. The Kier molecular flexibility index (Phi) is 5.87. The topological polar surface area (TPSA) is 58.6 Å². The lowest BCUT2D eigenvalue weighted by atomic mass is 10.1. The number of ether oxygens (including phenoxy) is 1. The monoisotopic (exact) mass is 414 g/mol. The molecule has 0 radical (unpaired) electrons. The summed E-state index contributed by atoms with van der Waals surface area (Å²) < 4.78 is 9.82. The summed E-state index contributed by atoms with van der Waals surface area (Å²) in [6.45, 7) is 3.16. The molecule has 3 heterocycles. The molecule has 1 aliphatic rings. The van der Waals surface area contributed by atoms with Crippen LogP contribution in [0.5, 0.6) is 5.75 Å². The van der Waals surface area contributed by atoms with E-state index in [1.54, 1.807) is 7.11 Å². The van der Waals surface area contributed by atoms with Crippen molar-refractivity contribution in [2.24, 2.45) is 0 Å². The van der Waals surface area contributed by atoms with Crippen molar-refractivity contribution < 1.29 is 9.53 Å². The van der Waals surface area contributed by atoms with Crippen LogP contribution in [-0.4, -0.2) is 53.5 Å². The van der Waals surface area contributed by atoms with Gasteiger partial charge in [-0.25, -0.2) is 4.98 Å². The molecule has 1 aliphatic heterocycles. The molecule has 146 valence electrons. The predicted molar refractivity (Wildman–Crippen MR) is 113 cm³/mol. The first kappa shape index (κ1) is 18.9. The fourth-order valence-electron chi connectivity index (χ4n) is 3.28. The number of carbonyl (C=O) groups excluding carboxylic acids is 1. The zero-order chi connectivity index (χ0) is 19.3. The van der Waals surface area contributed by atoms with Crippen LogP contribution in [0.15, 0.2) is 41.8 Å². The third kappa shape index (κ3) is 4.34. The molecule has 8 heteroatoms. The van der Waals surface area contributed by atoms with E-state index in [9.17, 15) is 4.79 Å². The van der Waals surface area contributed by atoms with E-state index >= 15 is 0 Å². The largest absolute Gasteiger partial charge is 0.497 e. The zero-order valence-corrected chi connectivity index (χ0v) is 17.3. The first-order valence-corrected chi connectivity index (χ1v) is 10.9. The molecule has 0 spiro atoms. The number of methoxy groups -OCH3 is 1. The van der Waals surface area contributed by atoms with E-state index in [1.807, 2.05) is 40.6 Å². The van der Waals surface area contributed by atoms with Gasteiger partial charge < -0.3 is 14.5 Å². The number of anilines is 1. The van der Waals surface area contributed by atoms with Crippen molar-refractivity contribution in [2.75, 3.05) is 38.2 Å². The number of rotatable bonds is 5. The van der Waals surface area contributed by atoms with Gasteiger partial charge in [0.2, 0.25) is 5.13 Å². The van der Waals surface area contributed by atoms with Crippen LogP contribution in [0.25, 0.3) is 0 Å². The van der Waals surface area contributed by atoms with Crippen molar-refractivity contribution in [1.82, 2.24) is 14.3 Å². The summed E-state index contributed by atoms with van der Waals surface area (Å²) >= 11 is 2.94. The number of nitrogens with zero attached hydrogens (tertiary/aromatic N) is 4. The minimum atomic E-state index is 0.132. The Morgan fingerprint density at radius 3 is 2.93 bits per heavy atom. The van der Waals surface area contributed by atoms with Gasteiger partial charge in [-0.1, -0.05) is 18.2 Å². The van der Waals surface area contributed by atoms with Crippen molar-refractivity contribution in [3.63, 3.8) is 0 Å². The van der Waals surface area contributed by atoms with Crippen LogP contribution in [0.4, 0.5) is 5.13 Å². The zero-order valence-electron chi connectivity index (χ0n) is 15.7. The molecular weight excluding hydrogens is 392 g/mol. The van der Waals surface area contributed by atoms with Crippen LogP contribution in [0.2, 0.25) is 0 Å². The SMILES string of the molecule is COc1cccc(Cc2nsc(N3CCCN(C(=O)c4cccs4)CC3)n2)c1. The lowest BCUT2D eigenvalue weighted by Gasteiger charge is -2.21. The van der Waals surface area contributed by atoms with Gasteiger partial charge in [0.1, 0.15) is 11.6 Å². The van der Waals surface area contributed by atoms with Crippen molar-refractivity contribution in [1.29, 1.82) is 0 Å². The molecule has 0 bridgehead atoms. The van der Waals surface area contributed by atoms with Crippen LogP contribution in [0, 0.1) is 0 Å². The maximum Gasteiger partial charge on any atom is 0.263 e. The highest BCUT2D eigenvalue weighted by Crippen LogP contribution is 2.22. The smallest absolute Gasteiger partial charge is 0.263 e. The van der Waals surface area contributed by atoms with Gasteiger partial charge in [-0.15, -0.1) is 11.3 Å². The second-order valence-electron chi connectivity index (χ2n) is 6.63. The summed E-state index contributed by atoms with van der Waals surface area (Å²) in [4.78, 5) is 22.3. The van der Waals surface area contributed by atoms with Crippen LogP contribution in [0.1, 0.15) is 27.5 Å². The Morgan fingerprint density at radius 2 is 2.11 bits per heavy atom. The van der Waals surface area contributed by atoms with Gasteiger partial charge in [-0.2, -0.15) is 4.37 Å². The van der Waals surface area contributed by atoms with Crippen molar-refractivity contribution in [2.45, 2.75) is 12.8 Å². The summed E-state index contributed by atoms with van der Waals surface area (Å²) in [5, 5.41) is 2.88. The summed E-state index contributed by atoms with van der Waals surface area (Å²) in [6.07, 6.45) is 1.62. The van der Waals surface area contributed by atoms with Crippen molar-refractivity contribution >= 4 is 33.9 Å². The molecule has 1 amide bonds. The second kappa shape index (κ2) is 8.70. The van der Waals surface area contributed by atoms with Gasteiger partial charge in [0.05, 0.1) is 12.0 Å². The molecule has 0 aliphatic carbocycles. The second-order valence-corrected chi connectivity index (χ2v) is 8.31. The normalized spacial score (nSPS) is 14.8. The van der Waals surface area contributed by atoms with E-state index in [0.29, 0.717) is 13.0 Å². The molecule has 0 N–H and O–H groups in total. The van der Waals surface area contributed by atoms with E-state index in [4.69, 9.17) is 9.72 Å².